The number of carbonyl (C=O) groups is 1. The quantitative estimate of drug-likeness (QED) is 0.897. The van der Waals surface area contributed by atoms with Gasteiger partial charge in [-0.1, -0.05) is 18.2 Å². The Morgan fingerprint density at radius 1 is 1.29 bits per heavy atom. The van der Waals surface area contributed by atoms with Gasteiger partial charge in [-0.3, -0.25) is 4.79 Å². The molecule has 1 heterocycles. The SMILES string of the molecule is C[C@@H]1CN(S(C)(=O)=O)C[C@H](CC(=O)O)N1c1ccccc1. The Hall–Kier alpha value is -1.60. The second-order valence-corrected chi connectivity index (χ2v) is 7.41. The molecule has 0 aliphatic carbocycles. The van der Waals surface area contributed by atoms with Crippen LogP contribution in [-0.4, -0.2) is 55.2 Å². The normalized spacial score (nSPS) is 24.0. The van der Waals surface area contributed by atoms with Crippen molar-refractivity contribution in [3.8, 4) is 0 Å². The number of rotatable bonds is 4. The van der Waals surface area contributed by atoms with E-state index in [2.05, 4.69) is 0 Å². The number of aliphatic carboxylic acids is 1. The van der Waals surface area contributed by atoms with Crippen molar-refractivity contribution in [1.29, 1.82) is 0 Å². The molecule has 1 aliphatic rings. The first-order chi connectivity index (χ1) is 9.79. The van der Waals surface area contributed by atoms with Crippen molar-refractivity contribution in [2.75, 3.05) is 24.2 Å². The van der Waals surface area contributed by atoms with Gasteiger partial charge >= 0.3 is 5.97 Å². The Kier molecular flexibility index (Phi) is 4.53. The van der Waals surface area contributed by atoms with Crippen LogP contribution in [0.25, 0.3) is 0 Å². The standard InChI is InChI=1S/C14H20N2O4S/c1-11-9-15(21(2,19)20)10-13(8-14(17)18)16(11)12-6-4-3-5-7-12/h3-7,11,13H,8-10H2,1-2H3,(H,17,18)/t11-,13+/m1/s1. The molecule has 0 saturated carbocycles. The molecule has 2 rings (SSSR count). The molecule has 6 nitrogen and oxygen atoms in total. The smallest absolute Gasteiger partial charge is 0.305 e. The van der Waals surface area contributed by atoms with Crippen LogP contribution >= 0.6 is 0 Å². The van der Waals surface area contributed by atoms with E-state index < -0.39 is 16.0 Å². The maximum absolute atomic E-state index is 11.8. The van der Waals surface area contributed by atoms with Crippen LogP contribution in [0.5, 0.6) is 0 Å². The number of hydrogen-bond donors (Lipinski definition) is 1. The molecule has 21 heavy (non-hydrogen) atoms. The average Bonchev–Trinajstić information content (AvgIpc) is 2.37. The highest BCUT2D eigenvalue weighted by molar-refractivity contribution is 7.88. The first kappa shape index (κ1) is 15.8. The topological polar surface area (TPSA) is 77.9 Å². The third-order valence-corrected chi connectivity index (χ3v) is 4.92. The van der Waals surface area contributed by atoms with Crippen LogP contribution in [0.2, 0.25) is 0 Å². The fourth-order valence-electron chi connectivity index (χ4n) is 2.84. The van der Waals surface area contributed by atoms with Crippen LogP contribution in [0, 0.1) is 0 Å². The fraction of sp³-hybridized carbons (Fsp3) is 0.500. The van der Waals surface area contributed by atoms with Gasteiger partial charge < -0.3 is 10.0 Å². The van der Waals surface area contributed by atoms with E-state index >= 15 is 0 Å². The van der Waals surface area contributed by atoms with Crippen molar-refractivity contribution in [3.05, 3.63) is 30.3 Å². The maximum Gasteiger partial charge on any atom is 0.305 e. The Balaban J connectivity index is 2.32. The van der Waals surface area contributed by atoms with Crippen LogP contribution in [0.15, 0.2) is 30.3 Å². The molecule has 1 aromatic carbocycles. The minimum absolute atomic E-state index is 0.0831. The van der Waals surface area contributed by atoms with Gasteiger partial charge in [0.1, 0.15) is 0 Å². The molecule has 1 fully saturated rings. The van der Waals surface area contributed by atoms with Gasteiger partial charge in [-0.15, -0.1) is 0 Å². The molecular weight excluding hydrogens is 292 g/mol. The molecule has 1 N–H and O–H groups in total. The molecule has 2 atom stereocenters. The van der Waals surface area contributed by atoms with Gasteiger partial charge in [-0.05, 0) is 19.1 Å². The summed E-state index contributed by atoms with van der Waals surface area (Å²) in [5.41, 5.74) is 0.921. The number of carboxylic acids is 1. The summed E-state index contributed by atoms with van der Waals surface area (Å²) >= 11 is 0. The molecule has 0 spiro atoms. The second kappa shape index (κ2) is 6.03. The van der Waals surface area contributed by atoms with E-state index in [4.69, 9.17) is 5.11 Å². The zero-order valence-corrected chi connectivity index (χ0v) is 13.0. The summed E-state index contributed by atoms with van der Waals surface area (Å²) in [5.74, 6) is -0.927. The highest BCUT2D eigenvalue weighted by Gasteiger charge is 2.36. The molecule has 0 bridgehead atoms. The van der Waals surface area contributed by atoms with E-state index in [-0.39, 0.29) is 25.0 Å². The zero-order chi connectivity index (χ0) is 15.6. The molecule has 0 aromatic heterocycles. The molecule has 0 radical (unpaired) electrons. The molecule has 0 unspecified atom stereocenters. The first-order valence-corrected chi connectivity index (χ1v) is 8.64. The van der Waals surface area contributed by atoms with Gasteiger partial charge in [0.15, 0.2) is 0 Å². The zero-order valence-electron chi connectivity index (χ0n) is 12.1. The number of hydrogen-bond acceptors (Lipinski definition) is 4. The molecule has 1 saturated heterocycles. The Labute approximate surface area is 125 Å². The predicted molar refractivity (Wildman–Crippen MR) is 80.8 cm³/mol. The van der Waals surface area contributed by atoms with Gasteiger partial charge in [0.25, 0.3) is 0 Å². The van der Waals surface area contributed by atoms with E-state index in [1.54, 1.807) is 0 Å². The lowest BCUT2D eigenvalue weighted by molar-refractivity contribution is -0.137. The van der Waals surface area contributed by atoms with Gasteiger partial charge in [-0.2, -0.15) is 4.31 Å². The third-order valence-electron chi connectivity index (χ3n) is 3.68. The summed E-state index contributed by atoms with van der Waals surface area (Å²) in [7, 11) is -3.32. The van der Waals surface area contributed by atoms with E-state index in [1.165, 1.54) is 4.31 Å². The summed E-state index contributed by atoms with van der Waals surface area (Å²) in [6.07, 6.45) is 1.07. The Morgan fingerprint density at radius 3 is 2.43 bits per heavy atom. The van der Waals surface area contributed by atoms with Gasteiger partial charge in [-0.25, -0.2) is 8.42 Å². The molecule has 0 amide bonds. The Morgan fingerprint density at radius 2 is 1.90 bits per heavy atom. The van der Waals surface area contributed by atoms with Crippen LogP contribution in [-0.2, 0) is 14.8 Å². The molecule has 1 aliphatic heterocycles. The summed E-state index contributed by atoms with van der Waals surface area (Å²) in [5, 5.41) is 9.11. The Bertz CT molecular complexity index is 603. The van der Waals surface area contributed by atoms with Crippen molar-refractivity contribution in [2.45, 2.75) is 25.4 Å². The molecule has 116 valence electrons. The molecule has 7 heteroatoms. The summed E-state index contributed by atoms with van der Waals surface area (Å²) in [4.78, 5) is 13.1. The summed E-state index contributed by atoms with van der Waals surface area (Å²) < 4.78 is 24.9. The minimum atomic E-state index is -3.32. The largest absolute Gasteiger partial charge is 0.481 e. The number of sulfonamides is 1. The van der Waals surface area contributed by atoms with E-state index in [1.807, 2.05) is 42.2 Å². The van der Waals surface area contributed by atoms with Crippen LogP contribution in [0.1, 0.15) is 13.3 Å². The highest BCUT2D eigenvalue weighted by atomic mass is 32.2. The highest BCUT2D eigenvalue weighted by Crippen LogP contribution is 2.27. The lowest BCUT2D eigenvalue weighted by atomic mass is 10.0. The second-order valence-electron chi connectivity index (χ2n) is 5.42. The van der Waals surface area contributed by atoms with E-state index in [0.717, 1.165) is 11.9 Å². The van der Waals surface area contributed by atoms with Gasteiger partial charge in [0.05, 0.1) is 18.7 Å². The van der Waals surface area contributed by atoms with Crippen LogP contribution < -0.4 is 4.90 Å². The summed E-state index contributed by atoms with van der Waals surface area (Å²) in [6.45, 7) is 2.48. The third kappa shape index (κ3) is 3.74. The molecule has 1 aromatic rings. The van der Waals surface area contributed by atoms with Crippen LogP contribution in [0.4, 0.5) is 5.69 Å². The maximum atomic E-state index is 11.8. The number of carboxylic acid groups (broad SMARTS) is 1. The van der Waals surface area contributed by atoms with Crippen molar-refractivity contribution >= 4 is 21.7 Å². The first-order valence-electron chi connectivity index (χ1n) is 6.79. The van der Waals surface area contributed by atoms with Crippen molar-refractivity contribution in [2.24, 2.45) is 0 Å². The number of nitrogens with zero attached hydrogens (tertiary/aromatic N) is 2. The summed E-state index contributed by atoms with van der Waals surface area (Å²) in [6, 6.07) is 9.06. The number of benzene rings is 1. The number of piperazine rings is 1. The van der Waals surface area contributed by atoms with Gasteiger partial charge in [0.2, 0.25) is 10.0 Å². The number of para-hydroxylation sites is 1. The monoisotopic (exact) mass is 312 g/mol. The average molecular weight is 312 g/mol. The predicted octanol–water partition coefficient (Wildman–Crippen LogP) is 1.00. The fourth-order valence-corrected chi connectivity index (χ4v) is 3.77. The van der Waals surface area contributed by atoms with Crippen LogP contribution in [0.3, 0.4) is 0 Å². The van der Waals surface area contributed by atoms with Crippen molar-refractivity contribution in [3.63, 3.8) is 0 Å². The minimum Gasteiger partial charge on any atom is -0.481 e. The van der Waals surface area contributed by atoms with E-state index in [0.29, 0.717) is 6.54 Å². The lowest BCUT2D eigenvalue weighted by Crippen LogP contribution is -2.59. The van der Waals surface area contributed by atoms with E-state index in [9.17, 15) is 13.2 Å². The lowest BCUT2D eigenvalue weighted by Gasteiger charge is -2.45. The van der Waals surface area contributed by atoms with Gasteiger partial charge in [0, 0.05) is 24.8 Å². The van der Waals surface area contributed by atoms with Crippen molar-refractivity contribution < 1.29 is 18.3 Å². The molecular formula is C14H20N2O4S. The van der Waals surface area contributed by atoms with Crippen molar-refractivity contribution in [1.82, 2.24) is 4.31 Å². The number of anilines is 1.